The molecule has 1 aromatic rings. The third-order valence-corrected chi connectivity index (χ3v) is 2.35. The monoisotopic (exact) mass is 323 g/mol. The fourth-order valence-electron chi connectivity index (χ4n) is 1.39. The lowest BCUT2D eigenvalue weighted by Gasteiger charge is -2.05. The number of hydrogen-bond donors (Lipinski definition) is 4. The largest absolute Gasteiger partial charge is 0.490 e. The SMILES string of the molecule is N=C(N)NCCc1cccc(CCF)c1.O=C(O)C(F)(F)F. The number of carboxylic acids is 1. The van der Waals surface area contributed by atoms with E-state index in [1.54, 1.807) is 0 Å². The van der Waals surface area contributed by atoms with Crippen LogP contribution >= 0.6 is 0 Å². The Morgan fingerprint density at radius 1 is 1.27 bits per heavy atom. The topological polar surface area (TPSA) is 99.2 Å². The van der Waals surface area contributed by atoms with Gasteiger partial charge in [-0.2, -0.15) is 13.2 Å². The van der Waals surface area contributed by atoms with E-state index in [2.05, 4.69) is 5.32 Å². The van der Waals surface area contributed by atoms with Crippen molar-refractivity contribution < 1.29 is 27.5 Å². The lowest BCUT2D eigenvalue weighted by atomic mass is 10.1. The number of halogens is 4. The van der Waals surface area contributed by atoms with Gasteiger partial charge in [0, 0.05) is 13.0 Å². The molecule has 5 nitrogen and oxygen atoms in total. The number of carbonyl (C=O) groups is 1. The van der Waals surface area contributed by atoms with Gasteiger partial charge < -0.3 is 16.2 Å². The van der Waals surface area contributed by atoms with Crippen molar-refractivity contribution in [1.82, 2.24) is 5.32 Å². The molecule has 0 spiro atoms. The molecule has 0 amide bonds. The Balaban J connectivity index is 0.000000534. The minimum absolute atomic E-state index is 0.0186. The molecule has 0 heterocycles. The van der Waals surface area contributed by atoms with E-state index < -0.39 is 12.1 Å². The summed E-state index contributed by atoms with van der Waals surface area (Å²) in [5.74, 6) is -2.78. The average Bonchev–Trinajstić information content (AvgIpc) is 2.38. The van der Waals surface area contributed by atoms with E-state index in [4.69, 9.17) is 21.0 Å². The Bertz CT molecular complexity index is 492. The Hall–Kier alpha value is -2.32. The maximum absolute atomic E-state index is 12.1. The van der Waals surface area contributed by atoms with Crippen LogP contribution in [-0.2, 0) is 17.6 Å². The summed E-state index contributed by atoms with van der Waals surface area (Å²) in [5, 5.41) is 16.8. The van der Waals surface area contributed by atoms with Crippen molar-refractivity contribution in [2.75, 3.05) is 13.2 Å². The summed E-state index contributed by atoms with van der Waals surface area (Å²) in [4.78, 5) is 8.90. The number of carboxylic acid groups (broad SMARTS) is 1. The van der Waals surface area contributed by atoms with Crippen LogP contribution in [0.2, 0.25) is 0 Å². The molecule has 9 heteroatoms. The van der Waals surface area contributed by atoms with E-state index in [9.17, 15) is 17.6 Å². The van der Waals surface area contributed by atoms with Crippen molar-refractivity contribution in [3.63, 3.8) is 0 Å². The van der Waals surface area contributed by atoms with E-state index in [-0.39, 0.29) is 12.6 Å². The number of aryl methyl sites for hydroxylation is 1. The van der Waals surface area contributed by atoms with Crippen LogP contribution in [0.3, 0.4) is 0 Å². The van der Waals surface area contributed by atoms with Crippen LogP contribution in [0.1, 0.15) is 11.1 Å². The summed E-state index contributed by atoms with van der Waals surface area (Å²) in [5.41, 5.74) is 7.30. The average molecular weight is 323 g/mol. The third-order valence-electron chi connectivity index (χ3n) is 2.35. The summed E-state index contributed by atoms with van der Waals surface area (Å²) < 4.78 is 43.8. The van der Waals surface area contributed by atoms with Crippen LogP contribution in [0.5, 0.6) is 0 Å². The zero-order valence-corrected chi connectivity index (χ0v) is 11.6. The first-order valence-electron chi connectivity index (χ1n) is 6.18. The first-order valence-corrected chi connectivity index (χ1v) is 6.18. The molecule has 0 saturated carbocycles. The fourth-order valence-corrected chi connectivity index (χ4v) is 1.39. The fraction of sp³-hybridized carbons (Fsp3) is 0.385. The zero-order valence-electron chi connectivity index (χ0n) is 11.6. The quantitative estimate of drug-likeness (QED) is 0.377. The van der Waals surface area contributed by atoms with Crippen molar-refractivity contribution in [1.29, 1.82) is 5.41 Å². The first kappa shape index (κ1) is 19.7. The van der Waals surface area contributed by atoms with Gasteiger partial charge in [0.1, 0.15) is 0 Å². The third kappa shape index (κ3) is 9.56. The number of rotatable bonds is 5. The minimum Gasteiger partial charge on any atom is -0.475 e. The molecule has 22 heavy (non-hydrogen) atoms. The number of hydrogen-bond acceptors (Lipinski definition) is 2. The smallest absolute Gasteiger partial charge is 0.475 e. The molecule has 0 aliphatic heterocycles. The van der Waals surface area contributed by atoms with Crippen molar-refractivity contribution in [2.45, 2.75) is 19.0 Å². The summed E-state index contributed by atoms with van der Waals surface area (Å²) in [7, 11) is 0. The molecule has 0 aliphatic rings. The number of aliphatic carboxylic acids is 1. The van der Waals surface area contributed by atoms with Gasteiger partial charge in [-0.1, -0.05) is 24.3 Å². The number of benzene rings is 1. The summed E-state index contributed by atoms with van der Waals surface area (Å²) in [6, 6.07) is 7.82. The number of alkyl halides is 4. The zero-order chi connectivity index (χ0) is 17.2. The van der Waals surface area contributed by atoms with E-state index in [1.165, 1.54) is 0 Å². The second-order valence-electron chi connectivity index (χ2n) is 4.15. The summed E-state index contributed by atoms with van der Waals surface area (Å²) in [6.45, 7) is 0.309. The van der Waals surface area contributed by atoms with Gasteiger partial charge in [0.15, 0.2) is 5.96 Å². The Morgan fingerprint density at radius 2 is 1.77 bits per heavy atom. The van der Waals surface area contributed by atoms with Crippen LogP contribution in [-0.4, -0.2) is 36.4 Å². The lowest BCUT2D eigenvalue weighted by Crippen LogP contribution is -2.31. The van der Waals surface area contributed by atoms with Gasteiger partial charge >= 0.3 is 12.1 Å². The van der Waals surface area contributed by atoms with Crippen LogP contribution in [0, 0.1) is 5.41 Å². The normalized spacial score (nSPS) is 10.4. The van der Waals surface area contributed by atoms with E-state index in [1.807, 2.05) is 24.3 Å². The highest BCUT2D eigenvalue weighted by molar-refractivity contribution is 5.74. The molecule has 0 radical (unpaired) electrons. The Kier molecular flexibility index (Phi) is 8.58. The highest BCUT2D eigenvalue weighted by Crippen LogP contribution is 2.13. The van der Waals surface area contributed by atoms with Crippen molar-refractivity contribution in [3.05, 3.63) is 35.4 Å². The van der Waals surface area contributed by atoms with E-state index in [0.29, 0.717) is 13.0 Å². The van der Waals surface area contributed by atoms with Gasteiger partial charge in [-0.15, -0.1) is 0 Å². The molecule has 0 aromatic heterocycles. The molecule has 1 rings (SSSR count). The van der Waals surface area contributed by atoms with Crippen LogP contribution in [0.15, 0.2) is 24.3 Å². The predicted octanol–water partition coefficient (Wildman–Crippen LogP) is 1.86. The standard InChI is InChI=1S/C11H16FN3.C2HF3O2/c12-6-4-9-2-1-3-10(8-9)5-7-15-11(13)14;3-2(4,5)1(6)7/h1-3,8H,4-7H2,(H4,13,14,15);(H,6,7). The molecule has 0 fully saturated rings. The molecule has 124 valence electrons. The van der Waals surface area contributed by atoms with Crippen molar-refractivity contribution in [2.24, 2.45) is 5.73 Å². The summed E-state index contributed by atoms with van der Waals surface area (Å²) in [6.07, 6.45) is -3.83. The highest BCUT2D eigenvalue weighted by atomic mass is 19.4. The van der Waals surface area contributed by atoms with Crippen LogP contribution < -0.4 is 11.1 Å². The molecule has 0 aliphatic carbocycles. The van der Waals surface area contributed by atoms with Crippen molar-refractivity contribution in [3.8, 4) is 0 Å². The maximum atomic E-state index is 12.1. The van der Waals surface area contributed by atoms with Crippen LogP contribution in [0.4, 0.5) is 17.6 Å². The molecular weight excluding hydrogens is 306 g/mol. The van der Waals surface area contributed by atoms with Gasteiger partial charge in [0.2, 0.25) is 0 Å². The van der Waals surface area contributed by atoms with Gasteiger partial charge in [-0.05, 0) is 17.5 Å². The van der Waals surface area contributed by atoms with E-state index >= 15 is 0 Å². The Labute approximate surface area is 124 Å². The maximum Gasteiger partial charge on any atom is 0.490 e. The first-order chi connectivity index (χ1) is 10.2. The Morgan fingerprint density at radius 3 is 2.18 bits per heavy atom. The van der Waals surface area contributed by atoms with Crippen LogP contribution in [0.25, 0.3) is 0 Å². The molecule has 5 N–H and O–H groups in total. The van der Waals surface area contributed by atoms with Gasteiger partial charge in [-0.3, -0.25) is 9.80 Å². The van der Waals surface area contributed by atoms with Gasteiger partial charge in [0.05, 0.1) is 6.67 Å². The molecule has 0 unspecified atom stereocenters. The minimum atomic E-state index is -5.08. The van der Waals surface area contributed by atoms with Crippen molar-refractivity contribution >= 4 is 11.9 Å². The molecule has 0 saturated heterocycles. The van der Waals surface area contributed by atoms with E-state index in [0.717, 1.165) is 17.5 Å². The second kappa shape index (κ2) is 9.59. The van der Waals surface area contributed by atoms with Gasteiger partial charge in [0.25, 0.3) is 0 Å². The number of guanidine groups is 1. The number of nitrogens with one attached hydrogen (secondary N) is 2. The summed E-state index contributed by atoms with van der Waals surface area (Å²) >= 11 is 0. The van der Waals surface area contributed by atoms with Gasteiger partial charge in [-0.25, -0.2) is 4.79 Å². The molecule has 0 bridgehead atoms. The highest BCUT2D eigenvalue weighted by Gasteiger charge is 2.38. The molecular formula is C13H17F4N3O2. The molecule has 0 atom stereocenters. The lowest BCUT2D eigenvalue weighted by molar-refractivity contribution is -0.192. The predicted molar refractivity (Wildman–Crippen MR) is 73.4 cm³/mol. The molecule has 1 aromatic carbocycles. The number of nitrogens with two attached hydrogens (primary N) is 1. The second-order valence-corrected chi connectivity index (χ2v) is 4.15.